The van der Waals surface area contributed by atoms with E-state index in [-0.39, 0.29) is 30.6 Å². The Balaban J connectivity index is 1.33. The van der Waals surface area contributed by atoms with Gasteiger partial charge >= 0.3 is 0 Å². The van der Waals surface area contributed by atoms with E-state index in [1.165, 1.54) is 11.8 Å². The monoisotopic (exact) mass is 545 g/mol. The van der Waals surface area contributed by atoms with Gasteiger partial charge in [0, 0.05) is 62.3 Å². The zero-order chi connectivity index (χ0) is 29.5. The Morgan fingerprint density at radius 1 is 1.16 bits per heavy atom. The summed E-state index contributed by atoms with van der Waals surface area (Å²) in [5.74, 6) is 2.00. The Morgan fingerprint density at radius 3 is 2.68 bits per heavy atom. The maximum absolute atomic E-state index is 14.7. The molecule has 0 saturated carbocycles. The lowest BCUT2D eigenvalue weighted by Gasteiger charge is -2.41. The topological polar surface area (TPSA) is 101 Å². The molecular weight excluding hydrogens is 507 g/mol. The Kier molecular flexibility index (Phi) is 6.39. The first-order valence-corrected chi connectivity index (χ1v) is 14.8. The summed E-state index contributed by atoms with van der Waals surface area (Å²) in [4.78, 5) is 17.4. The smallest absolute Gasteiger partial charge is 0.227 e. The number of halogens is 1. The molecule has 9 nitrogen and oxygen atoms in total. The summed E-state index contributed by atoms with van der Waals surface area (Å²) in [7, 11) is -5.66. The van der Waals surface area contributed by atoms with Gasteiger partial charge in [-0.15, -0.1) is 0 Å². The van der Waals surface area contributed by atoms with Crippen LogP contribution in [0.1, 0.15) is 35.9 Å². The number of nitrogens with one attached hydrogen (secondary N) is 1. The molecule has 5 rings (SSSR count). The fourth-order valence-electron chi connectivity index (χ4n) is 5.29. The number of hydrogen-bond acceptors (Lipinski definition) is 9. The molecule has 4 heterocycles. The summed E-state index contributed by atoms with van der Waals surface area (Å²) in [6.07, 6.45) is 2.41. The first-order valence-electron chi connectivity index (χ1n) is 14.3. The van der Waals surface area contributed by atoms with Crippen molar-refractivity contribution in [2.75, 3.05) is 60.3 Å². The number of anilines is 4. The van der Waals surface area contributed by atoms with E-state index < -0.39 is 29.2 Å². The van der Waals surface area contributed by atoms with Crippen LogP contribution in [-0.4, -0.2) is 80.9 Å². The molecule has 2 aliphatic heterocycles. The van der Waals surface area contributed by atoms with Crippen molar-refractivity contribution in [1.29, 1.82) is 0 Å². The quantitative estimate of drug-likeness (QED) is 0.451. The predicted octanol–water partition coefficient (Wildman–Crippen LogP) is 3.94. The van der Waals surface area contributed by atoms with Gasteiger partial charge < -0.3 is 19.9 Å². The fraction of sp³-hybridized carbons (Fsp3) is 0.519. The molecule has 1 N–H and O–H groups in total. The van der Waals surface area contributed by atoms with E-state index in [0.717, 1.165) is 16.5 Å². The highest BCUT2D eigenvalue weighted by molar-refractivity contribution is 7.90. The molecule has 0 spiro atoms. The Labute approximate surface area is 227 Å². The average molecular weight is 546 g/mol. The summed E-state index contributed by atoms with van der Waals surface area (Å²) in [6, 6.07) is 7.89. The number of nitrogens with zero attached hydrogens (tertiary/aromatic N) is 5. The van der Waals surface area contributed by atoms with Gasteiger partial charge in [0.2, 0.25) is 5.95 Å². The molecule has 2 aliphatic rings. The van der Waals surface area contributed by atoms with Crippen molar-refractivity contribution in [2.45, 2.75) is 38.5 Å². The fourth-order valence-corrected chi connectivity index (χ4v) is 6.36. The van der Waals surface area contributed by atoms with Crippen molar-refractivity contribution >= 4 is 43.9 Å². The number of hydrogen-bond donors (Lipinski definition) is 1. The first kappa shape index (κ1) is 22.9. The largest absolute Gasteiger partial charge is 0.378 e. The van der Waals surface area contributed by atoms with E-state index in [2.05, 4.69) is 51.1 Å². The van der Waals surface area contributed by atoms with Crippen LogP contribution < -0.4 is 15.1 Å². The maximum Gasteiger partial charge on any atom is 0.227 e. The molecule has 38 heavy (non-hydrogen) atoms. The molecule has 11 heteroatoms. The molecule has 1 aromatic carbocycles. The molecule has 2 aromatic heterocycles. The molecule has 0 aliphatic carbocycles. The number of benzene rings is 1. The minimum atomic E-state index is -3.01. The molecule has 0 bridgehead atoms. The van der Waals surface area contributed by atoms with Gasteiger partial charge in [-0.3, -0.25) is 0 Å². The van der Waals surface area contributed by atoms with Crippen molar-refractivity contribution in [3.05, 3.63) is 42.2 Å². The second-order valence-corrected chi connectivity index (χ2v) is 12.8. The SMILES string of the molecule is [2H]C([2H])([2H])O[C@H]1CCN(c2nccc(Nc3cc4c(C(C)C)ccc(N5CC(CS(C)(=O)=O)C5)c4cn3)n2)C[C@H]1F. The molecule has 204 valence electrons. The number of methoxy groups -OCH3 is 1. The predicted molar refractivity (Wildman–Crippen MR) is 149 cm³/mol. The standard InChI is InChI=1S/C27H35FN6O3S/c1-17(2)19-5-6-23(34-13-18(14-34)16-38(4,35)36)21-12-30-26(11-20(19)21)31-25-7-9-29-27(32-25)33-10-8-24(37-3)22(28)15-33/h5-7,9,11-12,17-18,22,24H,8,10,13-16H2,1-4H3,(H,29,30,31,32)/t22-,24+/m1/s1/i3D3. The van der Waals surface area contributed by atoms with Crippen LogP contribution in [0.4, 0.5) is 27.7 Å². The minimum Gasteiger partial charge on any atom is -0.378 e. The number of sulfone groups is 1. The summed E-state index contributed by atoms with van der Waals surface area (Å²) >= 11 is 0. The zero-order valence-corrected chi connectivity index (χ0v) is 22.6. The second kappa shape index (κ2) is 10.6. The number of fused-ring (bicyclic) bond motifs is 1. The number of rotatable bonds is 8. The Hall–Kier alpha value is -3.05. The van der Waals surface area contributed by atoms with E-state index >= 15 is 0 Å². The molecule has 0 radical (unpaired) electrons. The van der Waals surface area contributed by atoms with Gasteiger partial charge in [0.05, 0.1) is 22.5 Å². The molecular formula is C27H35FN6O3S. The van der Waals surface area contributed by atoms with Crippen LogP contribution in [0.25, 0.3) is 10.8 Å². The molecule has 0 amide bonds. The van der Waals surface area contributed by atoms with E-state index in [1.54, 1.807) is 17.2 Å². The van der Waals surface area contributed by atoms with Crippen LogP contribution in [0.5, 0.6) is 0 Å². The van der Waals surface area contributed by atoms with Gasteiger partial charge in [-0.05, 0) is 41.5 Å². The van der Waals surface area contributed by atoms with E-state index in [9.17, 15) is 12.8 Å². The second-order valence-electron chi connectivity index (χ2n) is 10.6. The van der Waals surface area contributed by atoms with Gasteiger partial charge in [-0.1, -0.05) is 19.9 Å². The van der Waals surface area contributed by atoms with Gasteiger partial charge in [-0.25, -0.2) is 22.8 Å². The number of pyridine rings is 1. The number of aromatic nitrogens is 3. The summed E-state index contributed by atoms with van der Waals surface area (Å²) in [5.41, 5.74) is 2.20. The van der Waals surface area contributed by atoms with Crippen molar-refractivity contribution in [3.8, 4) is 0 Å². The van der Waals surface area contributed by atoms with Crippen molar-refractivity contribution in [1.82, 2.24) is 15.0 Å². The van der Waals surface area contributed by atoms with Crippen molar-refractivity contribution in [3.63, 3.8) is 0 Å². The molecule has 0 unspecified atom stereocenters. The summed E-state index contributed by atoms with van der Waals surface area (Å²) in [6.45, 7) is 5.93. The average Bonchev–Trinajstić information content (AvgIpc) is 2.85. The van der Waals surface area contributed by atoms with Crippen LogP contribution in [-0.2, 0) is 14.6 Å². The minimum absolute atomic E-state index is 0.0690. The highest BCUT2D eigenvalue weighted by Gasteiger charge is 2.32. The molecule has 2 saturated heterocycles. The number of ether oxygens (including phenoxy) is 1. The third kappa shape index (κ3) is 5.68. The normalized spacial score (nSPS) is 22.2. The van der Waals surface area contributed by atoms with Crippen LogP contribution in [0.15, 0.2) is 36.7 Å². The van der Waals surface area contributed by atoms with Gasteiger partial charge in [0.15, 0.2) is 0 Å². The van der Waals surface area contributed by atoms with Crippen LogP contribution >= 0.6 is 0 Å². The summed E-state index contributed by atoms with van der Waals surface area (Å²) < 4.78 is 64.7. The highest BCUT2D eigenvalue weighted by atomic mass is 32.2. The van der Waals surface area contributed by atoms with E-state index in [4.69, 9.17) is 8.85 Å². The van der Waals surface area contributed by atoms with E-state index in [1.807, 2.05) is 12.3 Å². The third-order valence-electron chi connectivity index (χ3n) is 7.18. The van der Waals surface area contributed by atoms with Crippen molar-refractivity contribution < 1.29 is 21.7 Å². The summed E-state index contributed by atoms with van der Waals surface area (Å²) in [5, 5.41) is 5.29. The van der Waals surface area contributed by atoms with Gasteiger partial charge in [0.25, 0.3) is 0 Å². The zero-order valence-electron chi connectivity index (χ0n) is 24.8. The van der Waals surface area contributed by atoms with Crippen LogP contribution in [0, 0.1) is 5.92 Å². The number of piperidine rings is 1. The Morgan fingerprint density at radius 2 is 1.97 bits per heavy atom. The van der Waals surface area contributed by atoms with Crippen LogP contribution in [0.3, 0.4) is 0 Å². The molecule has 2 fully saturated rings. The van der Waals surface area contributed by atoms with E-state index in [0.29, 0.717) is 37.2 Å². The lowest BCUT2D eigenvalue weighted by Crippen LogP contribution is -2.49. The lowest BCUT2D eigenvalue weighted by molar-refractivity contribution is 0.0194. The third-order valence-corrected chi connectivity index (χ3v) is 8.26. The molecule has 2 atom stereocenters. The first-order chi connectivity index (χ1) is 19.3. The Bertz CT molecular complexity index is 1520. The van der Waals surface area contributed by atoms with Gasteiger partial charge in [0.1, 0.15) is 27.6 Å². The van der Waals surface area contributed by atoms with Crippen molar-refractivity contribution in [2.24, 2.45) is 5.92 Å². The maximum atomic E-state index is 14.7. The van der Waals surface area contributed by atoms with Crippen LogP contribution in [0.2, 0.25) is 0 Å². The van der Waals surface area contributed by atoms with Gasteiger partial charge in [-0.2, -0.15) is 4.98 Å². The molecule has 3 aromatic rings. The highest BCUT2D eigenvalue weighted by Crippen LogP contribution is 2.37. The number of alkyl halides is 1. The lowest BCUT2D eigenvalue weighted by atomic mass is 9.93.